The van der Waals surface area contributed by atoms with Crippen molar-refractivity contribution < 1.29 is 63.9 Å². The van der Waals surface area contributed by atoms with Crippen LogP contribution >= 0.6 is 7.82 Å². The van der Waals surface area contributed by atoms with Gasteiger partial charge in [0.1, 0.15) is 0 Å². The van der Waals surface area contributed by atoms with Crippen molar-refractivity contribution in [3.8, 4) is 0 Å². The molecule has 0 spiro atoms. The zero-order chi connectivity index (χ0) is 12.6. The van der Waals surface area contributed by atoms with Crippen LogP contribution < -0.4 is 0 Å². The van der Waals surface area contributed by atoms with Crippen molar-refractivity contribution in [3.63, 3.8) is 0 Å². The molecule has 0 aromatic heterocycles. The Bertz CT molecular complexity index is 225. The molecule has 0 aromatic carbocycles. The van der Waals surface area contributed by atoms with Crippen LogP contribution in [0.4, 0.5) is 0 Å². The summed E-state index contributed by atoms with van der Waals surface area (Å²) in [7, 11) is -6.81. The summed E-state index contributed by atoms with van der Waals surface area (Å²) in [5.41, 5.74) is 0. The molecule has 0 unspecified atom stereocenters. The van der Waals surface area contributed by atoms with Crippen LogP contribution in [0.2, 0.25) is 0 Å². The van der Waals surface area contributed by atoms with Crippen LogP contribution in [0.1, 0.15) is 0 Å². The van der Waals surface area contributed by atoms with Gasteiger partial charge in [-0.1, -0.05) is 0 Å². The summed E-state index contributed by atoms with van der Waals surface area (Å²) < 4.78 is 40.8. The molecule has 0 saturated carbocycles. The molecule has 0 atom stereocenters. The van der Waals surface area contributed by atoms with Gasteiger partial charge in [0.15, 0.2) is 0 Å². The first-order valence-electron chi connectivity index (χ1n) is 2.26. The summed E-state index contributed by atoms with van der Waals surface area (Å²) in [6.45, 7) is 0. The third kappa shape index (κ3) is 129000. The molecule has 11 nitrogen and oxygen atoms in total. The molecule has 0 amide bonds. The van der Waals surface area contributed by atoms with Crippen LogP contribution in [0.5, 0.6) is 0 Å². The Hall–Kier alpha value is 0.107. The Labute approximate surface area is 79.7 Å². The summed E-state index contributed by atoms with van der Waals surface area (Å²) in [5, 5.41) is 21.5. The van der Waals surface area contributed by atoms with E-state index < -0.39 is 28.8 Å². The maximum absolute atomic E-state index is 8.88. The quantitative estimate of drug-likeness (QED) is 0.156. The fourth-order valence-electron chi connectivity index (χ4n) is 0. The molecule has 14 heavy (non-hydrogen) atoms. The molecule has 0 heterocycles. The average molecular weight is 278 g/mol. The topological polar surface area (TPSA) is 213 Å². The molecule has 0 aliphatic rings. The van der Waals surface area contributed by atoms with Gasteiger partial charge >= 0.3 is 44.7 Å². The Morgan fingerprint density at radius 2 is 0.929 bits per heavy atom. The standard InChI is InChI=1S/BH3O3.Cr.H3O4P.2H2O.2O/c2-1(3)4;;1-5(2,3)4;;;;/h2-4H;;(H3,1,2,3,4);2*1H2;;/q;+2;;;;;/p-2. The molecule has 14 heteroatoms. The Balaban J connectivity index is -0.000000131. The summed E-state index contributed by atoms with van der Waals surface area (Å²) in [6, 6.07) is 0. The molecule has 0 saturated heterocycles. The van der Waals surface area contributed by atoms with Crippen LogP contribution in [-0.2, 0) is 25.8 Å². The van der Waals surface area contributed by atoms with E-state index in [1.165, 1.54) is 0 Å². The molecule has 0 fully saturated rings. The molecule has 88 valence electrons. The minimum absolute atomic E-state index is 2.17. The van der Waals surface area contributed by atoms with Gasteiger partial charge < -0.3 is 29.8 Å². The molecule has 8 N–H and O–H groups in total. The molecule has 0 radical (unpaired) electrons. The molecule has 0 bridgehead atoms. The van der Waals surface area contributed by atoms with E-state index >= 15 is 0 Å². The SMILES string of the molecule is O=P(O)(O)O.OB(O)O.[O]=[Cr](=[O])([OH])[OH]. The fraction of sp³-hybridized carbons (Fsp3) is 0. The Morgan fingerprint density at radius 1 is 0.929 bits per heavy atom. The molecular weight excluding hydrogens is 270 g/mol. The zero-order valence-corrected chi connectivity index (χ0v) is 8.40. The van der Waals surface area contributed by atoms with Crippen molar-refractivity contribution in [3.05, 3.63) is 0 Å². The number of hydrogen-bond donors (Lipinski definition) is 8. The van der Waals surface area contributed by atoms with Gasteiger partial charge in [-0.3, -0.25) is 0 Å². The first-order chi connectivity index (χ1) is 5.73. The first kappa shape index (κ1) is 19.6. The van der Waals surface area contributed by atoms with Crippen LogP contribution in [0, 0.1) is 0 Å². The van der Waals surface area contributed by atoms with Gasteiger partial charge in [0.05, 0.1) is 0 Å². The van der Waals surface area contributed by atoms with Crippen molar-refractivity contribution in [2.45, 2.75) is 0 Å². The second kappa shape index (κ2) is 8.42. The van der Waals surface area contributed by atoms with E-state index in [-0.39, 0.29) is 0 Å². The molecule has 0 aliphatic heterocycles. The fourth-order valence-corrected chi connectivity index (χ4v) is 0. The Kier molecular flexibility index (Phi) is 11.8. The number of phosphoric acid groups is 1. The van der Waals surface area contributed by atoms with Crippen molar-refractivity contribution >= 4 is 15.1 Å². The molecular formula is H8BCrO11P. The number of rotatable bonds is 0. The van der Waals surface area contributed by atoms with Gasteiger partial charge in [-0.25, -0.2) is 4.57 Å². The predicted octanol–water partition coefficient (Wildman–Crippen LogP) is -4.33. The van der Waals surface area contributed by atoms with E-state index in [1.807, 2.05) is 0 Å². The van der Waals surface area contributed by atoms with E-state index in [4.69, 9.17) is 50.2 Å². The average Bonchev–Trinajstić information content (AvgIpc) is 1.45. The van der Waals surface area contributed by atoms with E-state index in [0.717, 1.165) is 0 Å². The van der Waals surface area contributed by atoms with Crippen LogP contribution in [0.3, 0.4) is 0 Å². The summed E-state index contributed by atoms with van der Waals surface area (Å²) >= 11 is -5.25. The molecule has 0 aliphatic carbocycles. The summed E-state index contributed by atoms with van der Waals surface area (Å²) in [4.78, 5) is 21.6. The Morgan fingerprint density at radius 3 is 0.929 bits per heavy atom. The van der Waals surface area contributed by atoms with E-state index in [2.05, 4.69) is 0 Å². The molecule has 0 aromatic rings. The van der Waals surface area contributed by atoms with Crippen molar-refractivity contribution in [1.82, 2.24) is 0 Å². The van der Waals surface area contributed by atoms with Crippen LogP contribution in [0.25, 0.3) is 0 Å². The second-order valence-electron chi connectivity index (χ2n) is 1.31. The minimum atomic E-state index is -5.25. The van der Waals surface area contributed by atoms with Gasteiger partial charge in [-0.2, -0.15) is 0 Å². The second-order valence-corrected chi connectivity index (χ2v) is 3.73. The predicted molar refractivity (Wildman–Crippen MR) is 32.5 cm³/mol. The van der Waals surface area contributed by atoms with Crippen LogP contribution in [-0.4, -0.2) is 45.4 Å². The van der Waals surface area contributed by atoms with Crippen molar-refractivity contribution in [1.29, 1.82) is 0 Å². The van der Waals surface area contributed by atoms with E-state index in [1.54, 1.807) is 0 Å². The third-order valence-electron chi connectivity index (χ3n) is 0. The van der Waals surface area contributed by atoms with E-state index in [0.29, 0.717) is 0 Å². The van der Waals surface area contributed by atoms with Gasteiger partial charge in [0, 0.05) is 0 Å². The van der Waals surface area contributed by atoms with Gasteiger partial charge in [0.2, 0.25) is 0 Å². The maximum atomic E-state index is 8.88. The first-order valence-corrected chi connectivity index (χ1v) is 6.00. The van der Waals surface area contributed by atoms with Crippen molar-refractivity contribution in [2.75, 3.05) is 0 Å². The van der Waals surface area contributed by atoms with Crippen molar-refractivity contribution in [2.24, 2.45) is 0 Å². The number of hydrogen-bond acceptors (Lipinski definition) is 6. The normalized spacial score (nSPS) is 10.3. The van der Waals surface area contributed by atoms with Gasteiger partial charge in [0.25, 0.3) is 0 Å². The third-order valence-corrected chi connectivity index (χ3v) is 0. The van der Waals surface area contributed by atoms with Gasteiger partial charge in [-0.05, 0) is 0 Å². The van der Waals surface area contributed by atoms with Gasteiger partial charge in [-0.15, -0.1) is 0 Å². The van der Waals surface area contributed by atoms with Crippen LogP contribution in [0.15, 0.2) is 0 Å². The zero-order valence-electron chi connectivity index (χ0n) is 6.24. The summed E-state index contributed by atoms with van der Waals surface area (Å²) in [6.07, 6.45) is 0. The monoisotopic (exact) mass is 278 g/mol. The summed E-state index contributed by atoms with van der Waals surface area (Å²) in [5.74, 6) is 0. The van der Waals surface area contributed by atoms with E-state index in [9.17, 15) is 0 Å². The molecule has 0 rings (SSSR count).